The minimum absolute atomic E-state index is 0.00927. The van der Waals surface area contributed by atoms with Crippen molar-refractivity contribution in [1.82, 2.24) is 15.6 Å². The molecule has 1 aliphatic carbocycles. The lowest BCUT2D eigenvalue weighted by molar-refractivity contribution is -0.123. The molecule has 7 nitrogen and oxygen atoms in total. The van der Waals surface area contributed by atoms with Crippen molar-refractivity contribution in [3.63, 3.8) is 0 Å². The summed E-state index contributed by atoms with van der Waals surface area (Å²) in [4.78, 5) is 29.9. The predicted molar refractivity (Wildman–Crippen MR) is 111 cm³/mol. The van der Waals surface area contributed by atoms with E-state index in [4.69, 9.17) is 27.6 Å². The van der Waals surface area contributed by atoms with Crippen molar-refractivity contribution in [3.8, 4) is 6.07 Å². The highest BCUT2D eigenvalue weighted by Crippen LogP contribution is 2.34. The van der Waals surface area contributed by atoms with E-state index in [1.165, 1.54) is 6.07 Å². The Morgan fingerprint density at radius 3 is 2.67 bits per heavy atom. The number of rotatable bonds is 6. The molecule has 0 unspecified atom stereocenters. The Labute approximate surface area is 182 Å². The number of benzene rings is 2. The first-order valence-electron chi connectivity index (χ1n) is 9.23. The third kappa shape index (κ3) is 4.25. The predicted octanol–water partition coefficient (Wildman–Crippen LogP) is 3.65. The molecule has 1 aliphatic rings. The van der Waals surface area contributed by atoms with Crippen LogP contribution in [-0.2, 0) is 11.2 Å². The zero-order chi connectivity index (χ0) is 21.3. The molecule has 0 bridgehead atoms. The smallest absolute Gasteiger partial charge is 0.251 e. The SMILES string of the molecule is N#CC1(NC(=O)[C@H](Cc2nc3cccc(Cl)c3o2)NC(=O)c2cccc(Cl)c2)CC1. The van der Waals surface area contributed by atoms with Crippen LogP contribution >= 0.6 is 23.2 Å². The summed E-state index contributed by atoms with van der Waals surface area (Å²) in [7, 11) is 0. The standard InChI is InChI=1S/C21H16Cl2N4O3/c22-13-4-1-3-12(9-13)19(28)26-16(20(29)27-21(11-24)7-8-21)10-17-25-15-6-2-5-14(23)18(15)30-17/h1-6,9,16H,7-8,10H2,(H,26,28)(H,27,29)/t16-/m0/s1. The van der Waals surface area contributed by atoms with Crippen molar-refractivity contribution in [2.75, 3.05) is 0 Å². The van der Waals surface area contributed by atoms with Gasteiger partial charge >= 0.3 is 0 Å². The first-order valence-corrected chi connectivity index (χ1v) is 9.98. The molecule has 4 rings (SSSR count). The van der Waals surface area contributed by atoms with Crippen LogP contribution in [0.15, 0.2) is 46.9 Å². The first-order chi connectivity index (χ1) is 14.4. The summed E-state index contributed by atoms with van der Waals surface area (Å²) in [6, 6.07) is 12.6. The normalized spacial score (nSPS) is 15.2. The average molecular weight is 443 g/mol. The number of hydrogen-bond acceptors (Lipinski definition) is 5. The number of halogens is 2. The maximum atomic E-state index is 12.9. The van der Waals surface area contributed by atoms with Crippen LogP contribution in [0.1, 0.15) is 29.1 Å². The third-order valence-electron chi connectivity index (χ3n) is 4.83. The molecule has 1 fully saturated rings. The van der Waals surface area contributed by atoms with Crippen LogP contribution in [0.3, 0.4) is 0 Å². The van der Waals surface area contributed by atoms with E-state index < -0.39 is 23.4 Å². The lowest BCUT2D eigenvalue weighted by Gasteiger charge is -2.19. The molecule has 0 aliphatic heterocycles. The highest BCUT2D eigenvalue weighted by atomic mass is 35.5. The van der Waals surface area contributed by atoms with E-state index in [9.17, 15) is 14.9 Å². The minimum Gasteiger partial charge on any atom is -0.439 e. The van der Waals surface area contributed by atoms with Crippen LogP contribution in [0.2, 0.25) is 10.0 Å². The highest BCUT2D eigenvalue weighted by Gasteiger charge is 2.45. The summed E-state index contributed by atoms with van der Waals surface area (Å²) in [5, 5.41) is 15.5. The second-order valence-corrected chi connectivity index (χ2v) is 7.96. The Morgan fingerprint density at radius 2 is 2.00 bits per heavy atom. The van der Waals surface area contributed by atoms with Gasteiger partial charge in [0.1, 0.15) is 17.1 Å². The van der Waals surface area contributed by atoms with Crippen molar-refractivity contribution in [2.24, 2.45) is 0 Å². The fourth-order valence-electron chi connectivity index (χ4n) is 3.02. The largest absolute Gasteiger partial charge is 0.439 e. The maximum Gasteiger partial charge on any atom is 0.251 e. The monoisotopic (exact) mass is 442 g/mol. The van der Waals surface area contributed by atoms with Gasteiger partial charge in [-0.1, -0.05) is 35.3 Å². The fourth-order valence-corrected chi connectivity index (χ4v) is 3.42. The van der Waals surface area contributed by atoms with Crippen molar-refractivity contribution < 1.29 is 14.0 Å². The summed E-state index contributed by atoms with van der Waals surface area (Å²) in [5.41, 5.74) is 0.391. The van der Waals surface area contributed by atoms with E-state index in [1.807, 2.05) is 0 Å². The maximum absolute atomic E-state index is 12.9. The number of carbonyl (C=O) groups is 2. The van der Waals surface area contributed by atoms with E-state index in [2.05, 4.69) is 21.7 Å². The molecule has 9 heteroatoms. The van der Waals surface area contributed by atoms with Gasteiger partial charge in [0.15, 0.2) is 11.5 Å². The molecule has 0 radical (unpaired) electrons. The molecule has 0 spiro atoms. The van der Waals surface area contributed by atoms with Gasteiger partial charge in [-0.3, -0.25) is 9.59 Å². The third-order valence-corrected chi connectivity index (χ3v) is 5.36. The number of nitrogens with one attached hydrogen (secondary N) is 2. The topological polar surface area (TPSA) is 108 Å². The summed E-state index contributed by atoms with van der Waals surface area (Å²) in [6.45, 7) is 0. The minimum atomic E-state index is -1.01. The van der Waals surface area contributed by atoms with Crippen LogP contribution < -0.4 is 10.6 Å². The summed E-state index contributed by atoms with van der Waals surface area (Å²) >= 11 is 12.1. The van der Waals surface area contributed by atoms with Crippen molar-refractivity contribution >= 4 is 46.1 Å². The molecular formula is C21H16Cl2N4O3. The quantitative estimate of drug-likeness (QED) is 0.605. The number of hydrogen-bond donors (Lipinski definition) is 2. The van der Waals surface area contributed by atoms with Crippen LogP contribution in [0.25, 0.3) is 11.1 Å². The van der Waals surface area contributed by atoms with Gasteiger partial charge in [0, 0.05) is 10.6 Å². The Balaban J connectivity index is 1.59. The van der Waals surface area contributed by atoms with Gasteiger partial charge in [0.2, 0.25) is 5.91 Å². The first kappa shape index (κ1) is 20.2. The molecular weight excluding hydrogens is 427 g/mol. The second kappa shape index (κ2) is 7.98. The van der Waals surface area contributed by atoms with E-state index in [0.717, 1.165) is 0 Å². The lowest BCUT2D eigenvalue weighted by Crippen LogP contribution is -2.51. The number of oxazole rings is 1. The molecule has 1 saturated carbocycles. The van der Waals surface area contributed by atoms with Crippen LogP contribution in [0, 0.1) is 11.3 Å². The molecule has 1 aromatic heterocycles. The van der Waals surface area contributed by atoms with Gasteiger partial charge in [-0.2, -0.15) is 5.26 Å². The zero-order valence-electron chi connectivity index (χ0n) is 15.6. The van der Waals surface area contributed by atoms with Gasteiger partial charge < -0.3 is 15.1 Å². The second-order valence-electron chi connectivity index (χ2n) is 7.12. The number of carbonyl (C=O) groups excluding carboxylic acids is 2. The van der Waals surface area contributed by atoms with Crippen molar-refractivity contribution in [3.05, 3.63) is 64.0 Å². The van der Waals surface area contributed by atoms with Gasteiger partial charge in [-0.05, 0) is 43.2 Å². The van der Waals surface area contributed by atoms with E-state index >= 15 is 0 Å². The fraction of sp³-hybridized carbons (Fsp3) is 0.238. The van der Waals surface area contributed by atoms with Gasteiger partial charge in [0.05, 0.1) is 17.5 Å². The highest BCUT2D eigenvalue weighted by molar-refractivity contribution is 6.34. The van der Waals surface area contributed by atoms with E-state index in [0.29, 0.717) is 39.6 Å². The number of para-hydroxylation sites is 1. The van der Waals surface area contributed by atoms with Crippen LogP contribution in [0.5, 0.6) is 0 Å². The average Bonchev–Trinajstić information content (AvgIpc) is 3.37. The number of nitrogens with zero attached hydrogens (tertiary/aromatic N) is 2. The zero-order valence-corrected chi connectivity index (χ0v) is 17.1. The number of fused-ring (bicyclic) bond motifs is 1. The lowest BCUT2D eigenvalue weighted by atomic mass is 10.1. The van der Waals surface area contributed by atoms with Crippen LogP contribution in [0.4, 0.5) is 0 Å². The Kier molecular flexibility index (Phi) is 5.37. The molecule has 1 heterocycles. The molecule has 1 atom stereocenters. The Hall–Kier alpha value is -3.08. The number of nitriles is 1. The summed E-state index contributed by atoms with van der Waals surface area (Å²) in [6.07, 6.45) is 1.13. The van der Waals surface area contributed by atoms with E-state index in [1.54, 1.807) is 36.4 Å². The molecule has 2 aromatic carbocycles. The Morgan fingerprint density at radius 1 is 1.23 bits per heavy atom. The number of amides is 2. The van der Waals surface area contributed by atoms with Gasteiger partial charge in [-0.15, -0.1) is 0 Å². The molecule has 30 heavy (non-hydrogen) atoms. The van der Waals surface area contributed by atoms with Crippen molar-refractivity contribution in [2.45, 2.75) is 30.8 Å². The summed E-state index contributed by atoms with van der Waals surface area (Å²) in [5.74, 6) is -0.724. The van der Waals surface area contributed by atoms with Crippen molar-refractivity contribution in [1.29, 1.82) is 5.26 Å². The van der Waals surface area contributed by atoms with Gasteiger partial charge in [0.25, 0.3) is 5.91 Å². The molecule has 152 valence electrons. The number of aromatic nitrogens is 1. The summed E-state index contributed by atoms with van der Waals surface area (Å²) < 4.78 is 5.70. The molecule has 2 amide bonds. The van der Waals surface area contributed by atoms with E-state index in [-0.39, 0.29) is 12.3 Å². The molecule has 0 saturated heterocycles. The van der Waals surface area contributed by atoms with Gasteiger partial charge in [-0.25, -0.2) is 4.98 Å². The van der Waals surface area contributed by atoms with Crippen LogP contribution in [-0.4, -0.2) is 28.4 Å². The Bertz CT molecular complexity index is 1180. The molecule has 3 aromatic rings. The molecule has 2 N–H and O–H groups in total.